The van der Waals surface area contributed by atoms with Gasteiger partial charge in [0.15, 0.2) is 23.0 Å². The summed E-state index contributed by atoms with van der Waals surface area (Å²) in [7, 11) is 1.27. The monoisotopic (exact) mass is 640 g/mol. The van der Waals surface area contributed by atoms with Crippen LogP contribution in [0, 0.1) is 17.0 Å². The molecule has 2 amide bonds. The zero-order valence-electron chi connectivity index (χ0n) is 25.8. The average molecular weight is 641 g/mol. The largest absolute Gasteiger partial charge is 0.494 e. The van der Waals surface area contributed by atoms with Crippen LogP contribution in [0.3, 0.4) is 0 Å². The van der Waals surface area contributed by atoms with Crippen molar-refractivity contribution in [3.63, 3.8) is 0 Å². The van der Waals surface area contributed by atoms with Gasteiger partial charge in [-0.3, -0.25) is 18.8 Å². The first kappa shape index (κ1) is 36.8. The Hall–Kier alpha value is -5.44. The summed E-state index contributed by atoms with van der Waals surface area (Å²) in [6.45, 7) is 6.68. The topological polar surface area (TPSA) is 197 Å². The van der Waals surface area contributed by atoms with Crippen molar-refractivity contribution in [3.05, 3.63) is 71.7 Å². The fourth-order valence-corrected chi connectivity index (χ4v) is 4.45. The number of carboxylic acid groups (broad SMARTS) is 1. The highest BCUT2D eigenvalue weighted by Gasteiger charge is 2.19. The minimum Gasteiger partial charge on any atom is -0.494 e. The van der Waals surface area contributed by atoms with Crippen molar-refractivity contribution >= 4 is 42.2 Å². The van der Waals surface area contributed by atoms with Crippen LogP contribution in [0.15, 0.2) is 48.9 Å². The van der Waals surface area contributed by atoms with Gasteiger partial charge in [0.1, 0.15) is 0 Å². The number of anilines is 2. The number of nitrogens with zero attached hydrogens (tertiary/aromatic N) is 3. The molecule has 0 aliphatic rings. The Balaban J connectivity index is 0.00000139. The van der Waals surface area contributed by atoms with E-state index in [1.54, 1.807) is 22.7 Å². The number of halogens is 2. The maximum absolute atomic E-state index is 14.8. The Morgan fingerprint density at radius 3 is 2.48 bits per heavy atom. The molecule has 4 rings (SSSR count). The fraction of sp³-hybridized carbons (Fsp3) is 0.290. The maximum Gasteiger partial charge on any atom is 0.290 e. The normalized spacial score (nSPS) is 10.8. The van der Waals surface area contributed by atoms with Crippen LogP contribution in [-0.4, -0.2) is 70.7 Å². The molecule has 0 spiro atoms. The van der Waals surface area contributed by atoms with Gasteiger partial charge < -0.3 is 36.9 Å². The number of benzene rings is 2. The van der Waals surface area contributed by atoms with E-state index in [2.05, 4.69) is 32.6 Å². The van der Waals surface area contributed by atoms with E-state index < -0.39 is 17.7 Å². The van der Waals surface area contributed by atoms with Crippen molar-refractivity contribution in [2.45, 2.75) is 39.2 Å². The Morgan fingerprint density at radius 1 is 1.13 bits per heavy atom. The van der Waals surface area contributed by atoms with Gasteiger partial charge in [-0.25, -0.2) is 14.4 Å². The van der Waals surface area contributed by atoms with Crippen molar-refractivity contribution in [2.75, 3.05) is 25.5 Å². The molecule has 46 heavy (non-hydrogen) atoms. The van der Waals surface area contributed by atoms with Crippen LogP contribution < -0.4 is 26.4 Å². The number of aromatic nitrogens is 3. The van der Waals surface area contributed by atoms with E-state index >= 15 is 0 Å². The van der Waals surface area contributed by atoms with Crippen LogP contribution in [0.25, 0.3) is 16.9 Å². The summed E-state index contributed by atoms with van der Waals surface area (Å²) in [4.78, 5) is 41.9. The van der Waals surface area contributed by atoms with Crippen molar-refractivity contribution < 1.29 is 33.0 Å². The van der Waals surface area contributed by atoms with Gasteiger partial charge in [-0.1, -0.05) is 20.3 Å². The molecule has 0 bridgehead atoms. The molecule has 2 heterocycles. The van der Waals surface area contributed by atoms with Crippen molar-refractivity contribution in [3.8, 4) is 17.0 Å². The van der Waals surface area contributed by atoms with E-state index in [1.165, 1.54) is 31.6 Å². The molecule has 0 saturated heterocycles. The molecule has 7 N–H and O–H groups in total. The molecular formula is C31H38F2N8O5. The molecule has 2 aromatic heterocycles. The SMILES string of the molecule is C=N.CCC[C@H](N)C(=O)NCCNC(=O)c1ccc(Nc2nccn3c(-c4ccc(OC)c(F)c4F)cnc23)cc1CC.O=CO. The third kappa shape index (κ3) is 9.04. The number of ether oxygens (including phenoxy) is 1. The number of methoxy groups -OCH3 is 1. The highest BCUT2D eigenvalue weighted by molar-refractivity contribution is 5.96. The van der Waals surface area contributed by atoms with Gasteiger partial charge in [0.2, 0.25) is 11.7 Å². The summed E-state index contributed by atoms with van der Waals surface area (Å²) < 4.78 is 35.6. The van der Waals surface area contributed by atoms with Crippen molar-refractivity contribution in [1.82, 2.24) is 25.0 Å². The van der Waals surface area contributed by atoms with Gasteiger partial charge in [0, 0.05) is 42.3 Å². The van der Waals surface area contributed by atoms with E-state index in [9.17, 15) is 18.4 Å². The summed E-state index contributed by atoms with van der Waals surface area (Å²) >= 11 is 0. The lowest BCUT2D eigenvalue weighted by atomic mass is 10.0. The fourth-order valence-electron chi connectivity index (χ4n) is 4.45. The first-order valence-corrected chi connectivity index (χ1v) is 14.2. The van der Waals surface area contributed by atoms with Crippen molar-refractivity contribution in [1.29, 1.82) is 5.41 Å². The molecule has 0 unspecified atom stereocenters. The molecule has 1 atom stereocenters. The molecular weight excluding hydrogens is 602 g/mol. The lowest BCUT2D eigenvalue weighted by Crippen LogP contribution is -2.43. The molecule has 0 radical (unpaired) electrons. The van der Waals surface area contributed by atoms with Gasteiger partial charge in [-0.2, -0.15) is 4.39 Å². The van der Waals surface area contributed by atoms with Gasteiger partial charge in [0.25, 0.3) is 12.4 Å². The van der Waals surface area contributed by atoms with Gasteiger partial charge in [-0.05, 0) is 55.5 Å². The number of carbonyl (C=O) groups is 3. The first-order chi connectivity index (χ1) is 22.2. The lowest BCUT2D eigenvalue weighted by Gasteiger charge is -2.14. The Labute approximate surface area is 264 Å². The number of hydrogen-bond donors (Lipinski definition) is 6. The van der Waals surface area contributed by atoms with Crippen LogP contribution in [0.5, 0.6) is 5.75 Å². The average Bonchev–Trinajstić information content (AvgIpc) is 3.50. The quantitative estimate of drug-likeness (QED) is 0.0755. The van der Waals surface area contributed by atoms with Crippen LogP contribution in [0.4, 0.5) is 20.3 Å². The molecule has 0 aliphatic carbocycles. The van der Waals surface area contributed by atoms with E-state index in [0.29, 0.717) is 41.3 Å². The predicted molar refractivity (Wildman–Crippen MR) is 171 cm³/mol. The van der Waals surface area contributed by atoms with E-state index in [0.717, 1.165) is 12.0 Å². The number of amides is 2. The first-order valence-electron chi connectivity index (χ1n) is 14.2. The molecule has 13 nitrogen and oxygen atoms in total. The summed E-state index contributed by atoms with van der Waals surface area (Å²) in [6, 6.07) is 7.53. The van der Waals surface area contributed by atoms with Gasteiger partial charge in [0.05, 0.1) is 25.0 Å². The molecule has 2 aromatic carbocycles. The summed E-state index contributed by atoms with van der Waals surface area (Å²) in [5, 5.41) is 21.1. The number of carbonyl (C=O) groups excluding carboxylic acids is 2. The number of nitrogens with two attached hydrogens (primary N) is 1. The van der Waals surface area contributed by atoms with Crippen LogP contribution in [0.1, 0.15) is 42.6 Å². The highest BCUT2D eigenvalue weighted by Crippen LogP contribution is 2.31. The molecule has 246 valence electrons. The minimum atomic E-state index is -1.08. The number of imidazole rings is 1. The Kier molecular flexibility index (Phi) is 14.7. The second kappa shape index (κ2) is 18.4. The number of fused-ring (bicyclic) bond motifs is 1. The molecule has 4 aromatic rings. The standard InChI is InChI=1S/C29H33F2N7O3.CH3N.CH2O2/c1-4-6-21(32)29(40)35-12-11-34-28(39)19-8-7-18(15-17(19)5-2)37-26-27-36-16-22(38(27)14-13-33-26)20-9-10-23(41-3)25(31)24(20)30;1-2;2-1-3/h7-10,13-16,21H,4-6,11-12,32H2,1-3H3,(H,33,37)(H,34,39)(H,35,40);2H,1H2;1H,(H,2,3)/t21-;;/m0../s1. The zero-order chi connectivity index (χ0) is 34.2. The van der Waals surface area contributed by atoms with Crippen LogP contribution >= 0.6 is 0 Å². The number of rotatable bonds is 12. The lowest BCUT2D eigenvalue weighted by molar-refractivity contribution is -0.123. The van der Waals surface area contributed by atoms with E-state index in [-0.39, 0.29) is 42.7 Å². The Morgan fingerprint density at radius 2 is 1.83 bits per heavy atom. The number of nitrogens with one attached hydrogen (secondary N) is 4. The summed E-state index contributed by atoms with van der Waals surface area (Å²) in [5.74, 6) is -2.41. The second-order valence-electron chi connectivity index (χ2n) is 9.45. The number of hydrogen-bond acceptors (Lipinski definition) is 9. The Bertz CT molecular complexity index is 1630. The van der Waals surface area contributed by atoms with Crippen LogP contribution in [-0.2, 0) is 16.0 Å². The summed E-state index contributed by atoms with van der Waals surface area (Å²) in [5.41, 5.74) is 8.55. The highest BCUT2D eigenvalue weighted by atomic mass is 19.2. The molecule has 0 aliphatic heterocycles. The van der Waals surface area contributed by atoms with E-state index in [1.807, 2.05) is 19.9 Å². The van der Waals surface area contributed by atoms with Gasteiger partial charge >= 0.3 is 0 Å². The second-order valence-corrected chi connectivity index (χ2v) is 9.45. The molecule has 0 fully saturated rings. The van der Waals surface area contributed by atoms with E-state index in [4.69, 9.17) is 25.8 Å². The molecule has 0 saturated carbocycles. The van der Waals surface area contributed by atoms with Gasteiger partial charge in [-0.15, -0.1) is 0 Å². The third-order valence-electron chi connectivity index (χ3n) is 6.61. The maximum atomic E-state index is 14.8. The minimum absolute atomic E-state index is 0.0277. The van der Waals surface area contributed by atoms with Crippen molar-refractivity contribution in [2.24, 2.45) is 5.73 Å². The number of aryl methyl sites for hydroxylation is 1. The van der Waals surface area contributed by atoms with Crippen LogP contribution in [0.2, 0.25) is 0 Å². The predicted octanol–water partition coefficient (Wildman–Crippen LogP) is 3.93. The zero-order valence-corrected chi connectivity index (χ0v) is 25.8. The summed E-state index contributed by atoms with van der Waals surface area (Å²) in [6.07, 6.45) is 6.58. The third-order valence-corrected chi connectivity index (χ3v) is 6.61. The smallest absolute Gasteiger partial charge is 0.290 e. The molecule has 15 heteroatoms.